The maximum Gasteiger partial charge on any atom is 0.258 e. The molecule has 0 unspecified atom stereocenters. The lowest BCUT2D eigenvalue weighted by Crippen LogP contribution is -2.18. The molecule has 29 heavy (non-hydrogen) atoms. The fourth-order valence-corrected chi connectivity index (χ4v) is 4.03. The Bertz CT molecular complexity index is 1010. The van der Waals surface area contributed by atoms with Gasteiger partial charge in [-0.1, -0.05) is 43.1 Å². The van der Waals surface area contributed by atoms with E-state index in [-0.39, 0.29) is 11.8 Å². The van der Waals surface area contributed by atoms with Gasteiger partial charge < -0.3 is 10.6 Å². The summed E-state index contributed by atoms with van der Waals surface area (Å²) in [5.74, 6) is -0.0979. The Morgan fingerprint density at radius 1 is 0.966 bits per heavy atom. The van der Waals surface area contributed by atoms with Crippen LogP contribution in [0.25, 0.3) is 0 Å². The molecule has 0 saturated heterocycles. The molecule has 150 valence electrons. The second-order valence-corrected chi connectivity index (χ2v) is 8.66. The smallest absolute Gasteiger partial charge is 0.258 e. The summed E-state index contributed by atoms with van der Waals surface area (Å²) in [4.78, 5) is 25.7. The largest absolute Gasteiger partial charge is 0.322 e. The van der Waals surface area contributed by atoms with Gasteiger partial charge in [-0.3, -0.25) is 9.59 Å². The van der Waals surface area contributed by atoms with E-state index in [1.165, 1.54) is 11.3 Å². The van der Waals surface area contributed by atoms with Crippen molar-refractivity contribution in [1.82, 2.24) is 0 Å². The Kier molecular flexibility index (Phi) is 6.72. The normalized spacial score (nSPS) is 10.8. The second-order valence-electron chi connectivity index (χ2n) is 7.34. The number of carbonyl (C=O) groups is 2. The number of amides is 2. The Morgan fingerprint density at radius 2 is 1.62 bits per heavy atom. The van der Waals surface area contributed by atoms with Crippen LogP contribution in [-0.2, 0) is 6.42 Å². The maximum atomic E-state index is 13.1. The molecule has 2 amide bonds. The summed E-state index contributed by atoms with van der Waals surface area (Å²) in [5.41, 5.74) is 3.73. The monoisotopic (exact) mass is 426 g/mol. The molecule has 2 N–H and O–H groups in total. The van der Waals surface area contributed by atoms with Crippen molar-refractivity contribution in [3.63, 3.8) is 0 Å². The lowest BCUT2D eigenvalue weighted by molar-refractivity contribution is 0.102. The van der Waals surface area contributed by atoms with E-state index in [1.54, 1.807) is 36.4 Å². The average molecular weight is 427 g/mol. The Labute approximate surface area is 179 Å². The van der Waals surface area contributed by atoms with Gasteiger partial charge in [0.15, 0.2) is 0 Å². The zero-order valence-electron chi connectivity index (χ0n) is 16.6. The van der Waals surface area contributed by atoms with Crippen LogP contribution in [0.4, 0.5) is 10.7 Å². The molecule has 0 bridgehead atoms. The lowest BCUT2D eigenvalue weighted by atomic mass is 10.0. The van der Waals surface area contributed by atoms with E-state index in [9.17, 15) is 9.59 Å². The topological polar surface area (TPSA) is 58.2 Å². The first kappa shape index (κ1) is 21.1. The fraction of sp³-hybridized carbons (Fsp3) is 0.217. The molecular formula is C23H23ClN2O2S. The van der Waals surface area contributed by atoms with Crippen LogP contribution in [0, 0.1) is 12.8 Å². The van der Waals surface area contributed by atoms with E-state index in [0.717, 1.165) is 17.5 Å². The number of aryl methyl sites for hydroxylation is 1. The number of carbonyl (C=O) groups excluding carboxylic acids is 2. The van der Waals surface area contributed by atoms with Crippen molar-refractivity contribution >= 4 is 45.4 Å². The van der Waals surface area contributed by atoms with Crippen molar-refractivity contribution in [1.29, 1.82) is 0 Å². The first-order chi connectivity index (χ1) is 13.8. The number of nitrogens with one attached hydrogen (secondary N) is 2. The minimum atomic E-state index is -0.247. The minimum absolute atomic E-state index is 0.233. The van der Waals surface area contributed by atoms with E-state index >= 15 is 0 Å². The zero-order valence-corrected chi connectivity index (χ0v) is 18.2. The van der Waals surface area contributed by atoms with Gasteiger partial charge in [0.25, 0.3) is 11.8 Å². The third-order valence-corrected chi connectivity index (χ3v) is 5.56. The molecule has 0 fully saturated rings. The summed E-state index contributed by atoms with van der Waals surface area (Å²) in [5, 5.41) is 8.92. The number of benzene rings is 2. The van der Waals surface area contributed by atoms with E-state index < -0.39 is 0 Å². The molecule has 3 aromatic rings. The molecule has 0 aliphatic rings. The number of hydrogen-bond acceptors (Lipinski definition) is 3. The summed E-state index contributed by atoms with van der Waals surface area (Å²) in [6.07, 6.45) is 0.750. The van der Waals surface area contributed by atoms with E-state index in [0.29, 0.717) is 32.8 Å². The van der Waals surface area contributed by atoms with Crippen molar-refractivity contribution in [2.45, 2.75) is 27.2 Å². The van der Waals surface area contributed by atoms with E-state index in [4.69, 9.17) is 11.6 Å². The molecule has 0 saturated carbocycles. The van der Waals surface area contributed by atoms with Gasteiger partial charge in [0.2, 0.25) is 0 Å². The number of rotatable bonds is 6. The van der Waals surface area contributed by atoms with Crippen LogP contribution in [-0.4, -0.2) is 11.8 Å². The Hall–Kier alpha value is -2.63. The molecule has 4 nitrogen and oxygen atoms in total. The van der Waals surface area contributed by atoms with E-state index in [1.807, 2.05) is 24.4 Å². The van der Waals surface area contributed by atoms with Crippen LogP contribution in [0.15, 0.2) is 53.9 Å². The lowest BCUT2D eigenvalue weighted by Gasteiger charge is -2.11. The standard InChI is InChI=1S/C23H23ClN2O2S/c1-14(2)12-17-13-29-23(26-21(27)16-6-4-15(3)5-7-16)20(17)22(28)25-19-10-8-18(24)9-11-19/h4-11,13-14H,12H2,1-3H3,(H,25,28)(H,26,27). The summed E-state index contributed by atoms with van der Waals surface area (Å²) in [7, 11) is 0. The van der Waals surface area contributed by atoms with E-state index in [2.05, 4.69) is 24.5 Å². The van der Waals surface area contributed by atoms with Gasteiger partial charge >= 0.3 is 0 Å². The van der Waals surface area contributed by atoms with Gasteiger partial charge in [-0.25, -0.2) is 0 Å². The van der Waals surface area contributed by atoms with Crippen LogP contribution in [0.1, 0.15) is 45.7 Å². The van der Waals surface area contributed by atoms with Gasteiger partial charge in [0, 0.05) is 16.3 Å². The van der Waals surface area contributed by atoms with Gasteiger partial charge in [-0.15, -0.1) is 11.3 Å². The summed E-state index contributed by atoms with van der Waals surface area (Å²) < 4.78 is 0. The first-order valence-electron chi connectivity index (χ1n) is 9.38. The molecule has 1 heterocycles. The molecule has 3 rings (SSSR count). The molecule has 0 radical (unpaired) electrons. The van der Waals surface area contributed by atoms with Crippen molar-refractivity contribution in [3.05, 3.63) is 81.2 Å². The molecule has 0 aliphatic carbocycles. The van der Waals surface area contributed by atoms with Crippen molar-refractivity contribution in [2.75, 3.05) is 10.6 Å². The number of thiophene rings is 1. The highest BCUT2D eigenvalue weighted by molar-refractivity contribution is 7.15. The molecule has 6 heteroatoms. The zero-order chi connectivity index (χ0) is 21.0. The van der Waals surface area contributed by atoms with Crippen LogP contribution in [0.5, 0.6) is 0 Å². The first-order valence-corrected chi connectivity index (χ1v) is 10.6. The second kappa shape index (κ2) is 9.25. The SMILES string of the molecule is Cc1ccc(C(=O)Nc2scc(CC(C)C)c2C(=O)Nc2ccc(Cl)cc2)cc1. The molecular weight excluding hydrogens is 404 g/mol. The van der Waals surface area contributed by atoms with Crippen LogP contribution in [0.2, 0.25) is 5.02 Å². The highest BCUT2D eigenvalue weighted by Gasteiger charge is 2.22. The van der Waals surface area contributed by atoms with Crippen molar-refractivity contribution in [2.24, 2.45) is 5.92 Å². The predicted octanol–water partition coefficient (Wildman–Crippen LogP) is 6.41. The van der Waals surface area contributed by atoms with Gasteiger partial charge in [0.1, 0.15) is 5.00 Å². The predicted molar refractivity (Wildman–Crippen MR) is 121 cm³/mol. The molecule has 0 spiro atoms. The van der Waals surface area contributed by atoms with Gasteiger partial charge in [-0.2, -0.15) is 0 Å². The van der Waals surface area contributed by atoms with Crippen LogP contribution in [0.3, 0.4) is 0 Å². The highest BCUT2D eigenvalue weighted by atomic mass is 35.5. The number of halogens is 1. The summed E-state index contributed by atoms with van der Waals surface area (Å²) >= 11 is 7.29. The number of hydrogen-bond donors (Lipinski definition) is 2. The quantitative estimate of drug-likeness (QED) is 0.478. The fourth-order valence-electron chi connectivity index (χ4n) is 2.93. The third-order valence-electron chi connectivity index (χ3n) is 4.37. The third kappa shape index (κ3) is 5.46. The molecule has 1 aromatic heterocycles. The minimum Gasteiger partial charge on any atom is -0.322 e. The van der Waals surface area contributed by atoms with Crippen LogP contribution < -0.4 is 10.6 Å². The Morgan fingerprint density at radius 3 is 2.24 bits per heavy atom. The number of anilines is 2. The van der Waals surface area contributed by atoms with Crippen molar-refractivity contribution in [3.8, 4) is 0 Å². The van der Waals surface area contributed by atoms with Gasteiger partial charge in [-0.05, 0) is 66.6 Å². The maximum absolute atomic E-state index is 13.1. The molecule has 0 aliphatic heterocycles. The summed E-state index contributed by atoms with van der Waals surface area (Å²) in [6.45, 7) is 6.17. The molecule has 0 atom stereocenters. The van der Waals surface area contributed by atoms with Crippen molar-refractivity contribution < 1.29 is 9.59 Å². The molecule has 2 aromatic carbocycles. The van der Waals surface area contributed by atoms with Crippen LogP contribution >= 0.6 is 22.9 Å². The van der Waals surface area contributed by atoms with Gasteiger partial charge in [0.05, 0.1) is 5.56 Å². The Balaban J connectivity index is 1.87. The highest BCUT2D eigenvalue weighted by Crippen LogP contribution is 2.31. The summed E-state index contributed by atoms with van der Waals surface area (Å²) in [6, 6.07) is 14.3. The average Bonchev–Trinajstić information content (AvgIpc) is 3.05.